The molecule has 9 rings (SSSR count). The third-order valence-electron chi connectivity index (χ3n) is 10.7. The van der Waals surface area contributed by atoms with E-state index in [1.807, 2.05) is 19.2 Å². The van der Waals surface area contributed by atoms with Crippen LogP contribution in [0.2, 0.25) is 0 Å². The van der Waals surface area contributed by atoms with E-state index in [1.165, 1.54) is 33.4 Å². The van der Waals surface area contributed by atoms with Gasteiger partial charge < -0.3 is 9.47 Å². The minimum Gasteiger partial charge on any atom is -0.343 e. The quantitative estimate of drug-likeness (QED) is 0.172. The molecule has 2 nitrogen and oxygen atoms in total. The smallest absolute Gasteiger partial charge is 0.125 e. The molecule has 0 spiro atoms. The Bertz CT molecular complexity index is 2550. The Kier molecular flexibility index (Phi) is 7.25. The van der Waals surface area contributed by atoms with Gasteiger partial charge in [-0.05, 0) is 99.1 Å². The average Bonchev–Trinajstić information content (AvgIpc) is 3.59. The van der Waals surface area contributed by atoms with Crippen molar-refractivity contribution in [2.24, 2.45) is 7.05 Å². The van der Waals surface area contributed by atoms with Crippen LogP contribution in [0.4, 0.5) is 21.5 Å². The Hall–Kier alpha value is -6.19. The molecule has 51 heavy (non-hydrogen) atoms. The molecular formula is C48H37FN2. The van der Waals surface area contributed by atoms with Gasteiger partial charge in [-0.1, -0.05) is 129 Å². The number of fused-ring (bicyclic) bond motifs is 4. The Morgan fingerprint density at radius 2 is 1.04 bits per heavy atom. The van der Waals surface area contributed by atoms with Crippen LogP contribution in [0, 0.1) is 5.82 Å². The van der Waals surface area contributed by atoms with E-state index in [2.05, 4.69) is 169 Å². The molecule has 1 heterocycles. The van der Waals surface area contributed by atoms with Gasteiger partial charge in [0, 0.05) is 40.5 Å². The van der Waals surface area contributed by atoms with Crippen LogP contribution in [0.25, 0.3) is 55.5 Å². The molecule has 0 saturated heterocycles. The van der Waals surface area contributed by atoms with Gasteiger partial charge in [-0.3, -0.25) is 0 Å². The molecule has 0 amide bonds. The Labute approximate surface area is 298 Å². The van der Waals surface area contributed by atoms with Crippen molar-refractivity contribution in [2.45, 2.75) is 19.3 Å². The maximum absolute atomic E-state index is 14.5. The Balaban J connectivity index is 1.19. The molecule has 246 valence electrons. The first-order valence-electron chi connectivity index (χ1n) is 17.5. The SMILES string of the molecule is Cn1c(-c2ccccc2)c(-c2ccc(N(c3ccc(-c4ccccc4)cc3)c3ccc4c(c3)C(C)(C)c3ccccc3-4)cc2)c2ccc(F)cc21. The Morgan fingerprint density at radius 1 is 0.490 bits per heavy atom. The summed E-state index contributed by atoms with van der Waals surface area (Å²) >= 11 is 0. The molecule has 0 atom stereocenters. The predicted molar refractivity (Wildman–Crippen MR) is 211 cm³/mol. The van der Waals surface area contributed by atoms with Crippen molar-refractivity contribution < 1.29 is 4.39 Å². The van der Waals surface area contributed by atoms with Crippen LogP contribution in [0.3, 0.4) is 0 Å². The molecule has 0 saturated carbocycles. The lowest BCUT2D eigenvalue weighted by molar-refractivity contribution is 0.629. The number of aryl methyl sites for hydroxylation is 1. The second-order valence-electron chi connectivity index (χ2n) is 14.0. The van der Waals surface area contributed by atoms with Crippen LogP contribution in [-0.2, 0) is 12.5 Å². The zero-order valence-electron chi connectivity index (χ0n) is 28.9. The van der Waals surface area contributed by atoms with Crippen molar-refractivity contribution in [2.75, 3.05) is 4.90 Å². The normalized spacial score (nSPS) is 12.9. The lowest BCUT2D eigenvalue weighted by Gasteiger charge is -2.28. The molecule has 1 aliphatic rings. The molecule has 1 aliphatic carbocycles. The Morgan fingerprint density at radius 3 is 1.73 bits per heavy atom. The summed E-state index contributed by atoms with van der Waals surface area (Å²) in [5.41, 5.74) is 16.0. The summed E-state index contributed by atoms with van der Waals surface area (Å²) in [5, 5.41) is 1.03. The summed E-state index contributed by atoms with van der Waals surface area (Å²) in [7, 11) is 2.02. The highest BCUT2D eigenvalue weighted by molar-refractivity contribution is 6.04. The fourth-order valence-corrected chi connectivity index (χ4v) is 8.12. The van der Waals surface area contributed by atoms with Gasteiger partial charge in [0.25, 0.3) is 0 Å². The van der Waals surface area contributed by atoms with Crippen molar-refractivity contribution in [3.05, 3.63) is 187 Å². The van der Waals surface area contributed by atoms with E-state index in [0.29, 0.717) is 0 Å². The van der Waals surface area contributed by atoms with Crippen molar-refractivity contribution in [3.63, 3.8) is 0 Å². The van der Waals surface area contributed by atoms with E-state index in [-0.39, 0.29) is 11.2 Å². The minimum absolute atomic E-state index is 0.115. The zero-order valence-corrected chi connectivity index (χ0v) is 28.9. The summed E-state index contributed by atoms with van der Waals surface area (Å²) in [6.45, 7) is 4.66. The number of benzene rings is 7. The second kappa shape index (κ2) is 12.0. The fourth-order valence-electron chi connectivity index (χ4n) is 8.12. The van der Waals surface area contributed by atoms with Gasteiger partial charge in [0.05, 0.1) is 11.2 Å². The average molecular weight is 661 g/mol. The largest absolute Gasteiger partial charge is 0.343 e. The maximum Gasteiger partial charge on any atom is 0.125 e. The molecule has 0 N–H and O–H groups in total. The van der Waals surface area contributed by atoms with E-state index in [9.17, 15) is 4.39 Å². The highest BCUT2D eigenvalue weighted by Crippen LogP contribution is 2.51. The number of nitrogens with zero attached hydrogens (tertiary/aromatic N) is 2. The number of hydrogen-bond acceptors (Lipinski definition) is 1. The van der Waals surface area contributed by atoms with Gasteiger partial charge in [0.1, 0.15) is 5.82 Å². The highest BCUT2D eigenvalue weighted by Gasteiger charge is 2.35. The number of anilines is 3. The first-order valence-corrected chi connectivity index (χ1v) is 17.5. The molecule has 3 heteroatoms. The molecule has 1 aromatic heterocycles. The van der Waals surface area contributed by atoms with Gasteiger partial charge in [-0.25, -0.2) is 4.39 Å². The van der Waals surface area contributed by atoms with Crippen molar-refractivity contribution in [1.29, 1.82) is 0 Å². The topological polar surface area (TPSA) is 8.17 Å². The lowest BCUT2D eigenvalue weighted by Crippen LogP contribution is -2.16. The van der Waals surface area contributed by atoms with Gasteiger partial charge >= 0.3 is 0 Å². The first kappa shape index (κ1) is 30.8. The molecule has 0 unspecified atom stereocenters. The zero-order chi connectivity index (χ0) is 34.7. The molecule has 0 bridgehead atoms. The molecule has 0 fully saturated rings. The lowest BCUT2D eigenvalue weighted by atomic mass is 9.82. The van der Waals surface area contributed by atoms with Crippen molar-refractivity contribution >= 4 is 28.0 Å². The van der Waals surface area contributed by atoms with Gasteiger partial charge in [0.2, 0.25) is 0 Å². The summed E-state index contributed by atoms with van der Waals surface area (Å²) in [5.74, 6) is -0.237. The van der Waals surface area contributed by atoms with Gasteiger partial charge in [-0.2, -0.15) is 0 Å². The standard InChI is InChI=1S/C48H37FN2/c1-48(2)43-17-11-10-16-40(43)41-29-27-39(31-44(41)48)51(37-23-18-33(19-24-37)32-12-6-4-7-13-32)38-25-20-34(21-26-38)46-42-28-22-36(49)30-45(42)50(3)47(46)35-14-8-5-9-15-35/h4-31H,1-3H3. The van der Waals surface area contributed by atoms with Crippen LogP contribution >= 0.6 is 0 Å². The molecule has 7 aromatic carbocycles. The van der Waals surface area contributed by atoms with Crippen LogP contribution in [0.5, 0.6) is 0 Å². The predicted octanol–water partition coefficient (Wildman–Crippen LogP) is 13.1. The van der Waals surface area contributed by atoms with Crippen LogP contribution in [0.1, 0.15) is 25.0 Å². The molecular weight excluding hydrogens is 624 g/mol. The third kappa shape index (κ3) is 5.08. The molecule has 0 aliphatic heterocycles. The van der Waals surface area contributed by atoms with Crippen LogP contribution < -0.4 is 4.90 Å². The van der Waals surface area contributed by atoms with Gasteiger partial charge in [0.15, 0.2) is 0 Å². The van der Waals surface area contributed by atoms with Crippen molar-refractivity contribution in [1.82, 2.24) is 4.57 Å². The molecule has 0 radical (unpaired) electrons. The monoisotopic (exact) mass is 660 g/mol. The fraction of sp³-hybridized carbons (Fsp3) is 0.0833. The highest BCUT2D eigenvalue weighted by atomic mass is 19.1. The number of rotatable bonds is 6. The summed E-state index contributed by atoms with van der Waals surface area (Å²) in [6.07, 6.45) is 0. The minimum atomic E-state index is -0.237. The van der Waals surface area contributed by atoms with Crippen molar-refractivity contribution in [3.8, 4) is 44.6 Å². The maximum atomic E-state index is 14.5. The number of halogens is 1. The van der Waals surface area contributed by atoms with E-state index < -0.39 is 0 Å². The van der Waals surface area contributed by atoms with Gasteiger partial charge in [-0.15, -0.1) is 0 Å². The first-order chi connectivity index (χ1) is 24.9. The van der Waals surface area contributed by atoms with Crippen LogP contribution in [0.15, 0.2) is 170 Å². The summed E-state index contributed by atoms with van der Waals surface area (Å²) in [6, 6.07) is 59.4. The van der Waals surface area contributed by atoms with E-state index >= 15 is 0 Å². The number of aromatic nitrogens is 1. The van der Waals surface area contributed by atoms with Crippen LogP contribution in [-0.4, -0.2) is 4.57 Å². The van der Waals surface area contributed by atoms with E-state index in [1.54, 1.807) is 12.1 Å². The summed E-state index contributed by atoms with van der Waals surface area (Å²) in [4.78, 5) is 2.36. The molecule has 8 aromatic rings. The van der Waals surface area contributed by atoms with E-state index in [0.717, 1.165) is 50.3 Å². The number of hydrogen-bond donors (Lipinski definition) is 0. The van der Waals surface area contributed by atoms with E-state index in [4.69, 9.17) is 0 Å². The second-order valence-corrected chi connectivity index (χ2v) is 14.0. The third-order valence-corrected chi connectivity index (χ3v) is 10.7. The summed E-state index contributed by atoms with van der Waals surface area (Å²) < 4.78 is 16.7.